The van der Waals surface area contributed by atoms with Gasteiger partial charge in [0.05, 0.1) is 19.1 Å². The molecule has 1 aromatic heterocycles. The Morgan fingerprint density at radius 2 is 1.81 bits per heavy atom. The summed E-state index contributed by atoms with van der Waals surface area (Å²) in [4.78, 5) is 3.45. The van der Waals surface area contributed by atoms with Crippen LogP contribution in [-0.2, 0) is 15.4 Å². The number of fused-ring (bicyclic) bond motifs is 1. The van der Waals surface area contributed by atoms with Gasteiger partial charge < -0.3 is 14.5 Å². The van der Waals surface area contributed by atoms with E-state index in [-0.39, 0.29) is 10.3 Å². The molecule has 7 heteroatoms. The second-order valence-electron chi connectivity index (χ2n) is 6.87. The van der Waals surface area contributed by atoms with Gasteiger partial charge in [0, 0.05) is 35.1 Å². The van der Waals surface area contributed by atoms with E-state index in [1.165, 1.54) is 31.9 Å². The molecule has 2 aromatic carbocycles. The van der Waals surface area contributed by atoms with E-state index in [2.05, 4.69) is 15.8 Å². The summed E-state index contributed by atoms with van der Waals surface area (Å²) in [6.45, 7) is 0.367. The Kier molecular flexibility index (Phi) is 4.36. The first kappa shape index (κ1) is 17.9. The van der Waals surface area contributed by atoms with E-state index < -0.39 is 10.0 Å². The third-order valence-electron chi connectivity index (χ3n) is 5.28. The number of aromatic nitrogens is 1. The van der Waals surface area contributed by atoms with Crippen molar-refractivity contribution in [2.45, 2.75) is 23.2 Å². The minimum Gasteiger partial charge on any atom is -0.493 e. The molecule has 0 amide bonds. The Hall–Kier alpha value is -2.51. The Balaban J connectivity index is 1.57. The zero-order valence-corrected chi connectivity index (χ0v) is 16.1. The highest BCUT2D eigenvalue weighted by Crippen LogP contribution is 2.50. The first-order chi connectivity index (χ1) is 13.0. The van der Waals surface area contributed by atoms with Gasteiger partial charge in [0.25, 0.3) is 0 Å². The average molecular weight is 386 g/mol. The van der Waals surface area contributed by atoms with Gasteiger partial charge in [-0.3, -0.25) is 0 Å². The number of ether oxygens (including phenoxy) is 2. The molecule has 0 atom stereocenters. The number of methoxy groups -OCH3 is 2. The molecule has 2 N–H and O–H groups in total. The summed E-state index contributed by atoms with van der Waals surface area (Å²) < 4.78 is 38.8. The Labute approximate surface area is 158 Å². The summed E-state index contributed by atoms with van der Waals surface area (Å²) in [7, 11) is -0.651. The van der Waals surface area contributed by atoms with E-state index in [0.717, 1.165) is 23.7 Å². The molecular weight excluding hydrogens is 364 g/mol. The fourth-order valence-corrected chi connectivity index (χ4v) is 4.65. The first-order valence-electron chi connectivity index (χ1n) is 8.77. The van der Waals surface area contributed by atoms with Crippen LogP contribution in [0.2, 0.25) is 0 Å². The topological polar surface area (TPSA) is 80.4 Å². The molecule has 1 heterocycles. The minimum absolute atomic E-state index is 0.150. The van der Waals surface area contributed by atoms with Crippen LogP contribution < -0.4 is 14.2 Å². The van der Waals surface area contributed by atoms with Crippen LogP contribution in [0.5, 0.6) is 11.5 Å². The summed E-state index contributed by atoms with van der Waals surface area (Å²) in [6.07, 6.45) is 3.93. The normalized spacial score (nSPS) is 15.6. The Bertz CT molecular complexity index is 1080. The van der Waals surface area contributed by atoms with E-state index in [4.69, 9.17) is 9.47 Å². The molecule has 0 unspecified atom stereocenters. The van der Waals surface area contributed by atoms with Crippen LogP contribution in [0.4, 0.5) is 0 Å². The summed E-state index contributed by atoms with van der Waals surface area (Å²) in [5.74, 6) is 0.882. The molecular formula is C20H22N2O4S. The molecule has 3 aromatic rings. The maximum atomic E-state index is 12.8. The van der Waals surface area contributed by atoms with Crippen LogP contribution in [-0.4, -0.2) is 34.2 Å². The predicted octanol–water partition coefficient (Wildman–Crippen LogP) is 3.20. The maximum absolute atomic E-state index is 12.8. The summed E-state index contributed by atoms with van der Waals surface area (Å²) in [5.41, 5.74) is 2.10. The number of para-hydroxylation sites is 1. The molecule has 0 radical (unpaired) electrons. The van der Waals surface area contributed by atoms with Gasteiger partial charge >= 0.3 is 0 Å². The number of hydrogen-bond acceptors (Lipinski definition) is 4. The lowest BCUT2D eigenvalue weighted by Crippen LogP contribution is -2.32. The molecule has 0 saturated heterocycles. The standard InChI is InChI=1S/C20H22N2O4S/c1-25-18-8-7-14(11-19(18)26-2)27(23,24)22-13-20(9-10-20)16-12-21-17-6-4-3-5-15(16)17/h3-8,11-12,21-22H,9-10,13H2,1-2H3. The van der Waals surface area contributed by atoms with Crippen LogP contribution in [0, 0.1) is 0 Å². The van der Waals surface area contributed by atoms with Crippen LogP contribution in [0.15, 0.2) is 53.6 Å². The molecule has 1 saturated carbocycles. The summed E-state index contributed by atoms with van der Waals surface area (Å²) in [5, 5.41) is 1.15. The maximum Gasteiger partial charge on any atom is 0.240 e. The van der Waals surface area contributed by atoms with Crippen molar-refractivity contribution in [1.29, 1.82) is 0 Å². The van der Waals surface area contributed by atoms with Gasteiger partial charge in [0.2, 0.25) is 10.0 Å². The van der Waals surface area contributed by atoms with Crippen molar-refractivity contribution in [3.05, 3.63) is 54.2 Å². The number of sulfonamides is 1. The zero-order valence-electron chi connectivity index (χ0n) is 15.3. The van der Waals surface area contributed by atoms with E-state index in [1.807, 2.05) is 24.4 Å². The van der Waals surface area contributed by atoms with Gasteiger partial charge in [-0.2, -0.15) is 0 Å². The second-order valence-corrected chi connectivity index (χ2v) is 8.64. The summed E-state index contributed by atoms with van der Waals surface area (Å²) >= 11 is 0. The number of aromatic amines is 1. The van der Waals surface area contributed by atoms with Gasteiger partial charge in [-0.1, -0.05) is 18.2 Å². The predicted molar refractivity (Wildman–Crippen MR) is 104 cm³/mol. The SMILES string of the molecule is COc1ccc(S(=O)(=O)NCC2(c3c[nH]c4ccccc34)CC2)cc1OC. The fourth-order valence-electron chi connectivity index (χ4n) is 3.50. The van der Waals surface area contributed by atoms with E-state index in [1.54, 1.807) is 6.07 Å². The molecule has 0 aliphatic heterocycles. The van der Waals surface area contributed by atoms with Crippen LogP contribution in [0.25, 0.3) is 10.9 Å². The third kappa shape index (κ3) is 3.17. The molecule has 0 spiro atoms. The van der Waals surface area contributed by atoms with Crippen molar-refractivity contribution in [1.82, 2.24) is 9.71 Å². The molecule has 27 heavy (non-hydrogen) atoms. The van der Waals surface area contributed by atoms with Gasteiger partial charge in [0.15, 0.2) is 11.5 Å². The lowest BCUT2D eigenvalue weighted by atomic mass is 9.96. The van der Waals surface area contributed by atoms with Crippen molar-refractivity contribution in [2.24, 2.45) is 0 Å². The highest BCUT2D eigenvalue weighted by atomic mass is 32.2. The quantitative estimate of drug-likeness (QED) is 0.653. The van der Waals surface area contributed by atoms with Crippen molar-refractivity contribution >= 4 is 20.9 Å². The molecule has 1 aliphatic rings. The van der Waals surface area contributed by atoms with Gasteiger partial charge in [-0.25, -0.2) is 13.1 Å². The number of H-pyrrole nitrogens is 1. The first-order valence-corrected chi connectivity index (χ1v) is 10.3. The molecule has 6 nitrogen and oxygen atoms in total. The Morgan fingerprint density at radius 1 is 1.07 bits per heavy atom. The van der Waals surface area contributed by atoms with Crippen molar-refractivity contribution in [3.63, 3.8) is 0 Å². The van der Waals surface area contributed by atoms with Crippen molar-refractivity contribution in [2.75, 3.05) is 20.8 Å². The van der Waals surface area contributed by atoms with E-state index >= 15 is 0 Å². The van der Waals surface area contributed by atoms with Gasteiger partial charge in [-0.05, 0) is 36.6 Å². The number of rotatable bonds is 7. The van der Waals surface area contributed by atoms with E-state index in [0.29, 0.717) is 18.0 Å². The molecule has 0 bridgehead atoms. The lowest BCUT2D eigenvalue weighted by molar-refractivity contribution is 0.354. The van der Waals surface area contributed by atoms with Crippen molar-refractivity contribution < 1.29 is 17.9 Å². The Morgan fingerprint density at radius 3 is 2.52 bits per heavy atom. The van der Waals surface area contributed by atoms with Gasteiger partial charge in [0.1, 0.15) is 0 Å². The van der Waals surface area contributed by atoms with Gasteiger partial charge in [-0.15, -0.1) is 0 Å². The average Bonchev–Trinajstić information content (AvgIpc) is 3.36. The summed E-state index contributed by atoms with van der Waals surface area (Å²) in [6, 6.07) is 12.7. The number of hydrogen-bond donors (Lipinski definition) is 2. The highest BCUT2D eigenvalue weighted by Gasteiger charge is 2.46. The fraction of sp³-hybridized carbons (Fsp3) is 0.300. The molecule has 1 fully saturated rings. The second kappa shape index (κ2) is 6.58. The molecule has 1 aliphatic carbocycles. The monoisotopic (exact) mass is 386 g/mol. The number of benzene rings is 2. The van der Waals surface area contributed by atoms with E-state index in [9.17, 15) is 8.42 Å². The number of nitrogens with one attached hydrogen (secondary N) is 2. The minimum atomic E-state index is -3.65. The molecule has 142 valence electrons. The lowest BCUT2D eigenvalue weighted by Gasteiger charge is -2.16. The smallest absolute Gasteiger partial charge is 0.240 e. The largest absolute Gasteiger partial charge is 0.493 e. The van der Waals surface area contributed by atoms with Crippen LogP contribution in [0.1, 0.15) is 18.4 Å². The highest BCUT2D eigenvalue weighted by molar-refractivity contribution is 7.89. The molecule has 4 rings (SSSR count). The van der Waals surface area contributed by atoms with Crippen LogP contribution in [0.3, 0.4) is 0 Å². The van der Waals surface area contributed by atoms with Crippen LogP contribution >= 0.6 is 0 Å². The zero-order chi connectivity index (χ0) is 19.1. The van der Waals surface area contributed by atoms with Crippen molar-refractivity contribution in [3.8, 4) is 11.5 Å². The third-order valence-corrected chi connectivity index (χ3v) is 6.68.